The number of halogens is 2. The molecule has 30 heavy (non-hydrogen) atoms. The standard InChI is InChI=1S/C24H28ClFN2O2/c1-3-19(24-10-14-7-15(11-24)9-16(8-14)12-24)27-23(29)20-13(2)30-28-22(20)21-17(25)5-4-6-18(21)26/h4-6,14-16,19H,3,7-12H2,1-2H3,(H,27,29)/t14?,15?,16?,19-,24?/m1/s1. The van der Waals surface area contributed by atoms with Crippen LogP contribution in [0.5, 0.6) is 0 Å². The van der Waals surface area contributed by atoms with Gasteiger partial charge in [-0.15, -0.1) is 0 Å². The molecule has 0 radical (unpaired) electrons. The fraction of sp³-hybridized carbons (Fsp3) is 0.583. The van der Waals surface area contributed by atoms with Crippen LogP contribution in [0.4, 0.5) is 4.39 Å². The molecule has 1 aromatic heterocycles. The van der Waals surface area contributed by atoms with E-state index in [4.69, 9.17) is 16.1 Å². The van der Waals surface area contributed by atoms with Crippen LogP contribution in [0.25, 0.3) is 11.3 Å². The van der Waals surface area contributed by atoms with Crippen molar-refractivity contribution in [2.45, 2.75) is 64.8 Å². The number of hydrogen-bond acceptors (Lipinski definition) is 3. The molecule has 1 N–H and O–H groups in total. The Bertz CT molecular complexity index is 930. The van der Waals surface area contributed by atoms with Crippen LogP contribution < -0.4 is 5.32 Å². The molecular weight excluding hydrogens is 403 g/mol. The van der Waals surface area contributed by atoms with Gasteiger partial charge in [-0.2, -0.15) is 0 Å². The highest BCUT2D eigenvalue weighted by atomic mass is 35.5. The summed E-state index contributed by atoms with van der Waals surface area (Å²) in [6.07, 6.45) is 8.63. The van der Waals surface area contributed by atoms with Gasteiger partial charge in [-0.3, -0.25) is 4.79 Å². The number of aryl methyl sites for hydroxylation is 1. The van der Waals surface area contributed by atoms with Crippen LogP contribution in [0.3, 0.4) is 0 Å². The molecule has 0 aliphatic heterocycles. The molecule has 4 fully saturated rings. The molecule has 4 bridgehead atoms. The van der Waals surface area contributed by atoms with Crippen molar-refractivity contribution in [3.05, 3.63) is 40.4 Å². The Morgan fingerprint density at radius 3 is 2.47 bits per heavy atom. The van der Waals surface area contributed by atoms with Crippen LogP contribution in [0.2, 0.25) is 5.02 Å². The fourth-order valence-electron chi connectivity index (χ4n) is 7.06. The Morgan fingerprint density at radius 1 is 1.27 bits per heavy atom. The lowest BCUT2D eigenvalue weighted by Gasteiger charge is -2.59. The Labute approximate surface area is 181 Å². The van der Waals surface area contributed by atoms with E-state index < -0.39 is 5.82 Å². The molecule has 4 nitrogen and oxygen atoms in total. The van der Waals surface area contributed by atoms with E-state index in [1.54, 1.807) is 13.0 Å². The summed E-state index contributed by atoms with van der Waals surface area (Å²) in [5.74, 6) is 2.05. The van der Waals surface area contributed by atoms with Crippen LogP contribution in [-0.4, -0.2) is 17.1 Å². The highest BCUT2D eigenvalue weighted by molar-refractivity contribution is 6.33. The molecule has 1 atom stereocenters. The van der Waals surface area contributed by atoms with E-state index in [0.29, 0.717) is 5.76 Å². The number of carbonyl (C=O) groups is 1. The summed E-state index contributed by atoms with van der Waals surface area (Å²) < 4.78 is 19.8. The Morgan fingerprint density at radius 2 is 1.90 bits per heavy atom. The number of hydrogen-bond donors (Lipinski definition) is 1. The third-order valence-corrected chi connectivity index (χ3v) is 8.14. The van der Waals surface area contributed by atoms with Crippen LogP contribution in [0.1, 0.15) is 68.0 Å². The SMILES string of the molecule is CC[C@@H](NC(=O)c1c(-c2c(F)cccc2Cl)noc1C)C12CC3CC(CC(C3)C1)C2. The lowest BCUT2D eigenvalue weighted by atomic mass is 9.47. The van der Waals surface area contributed by atoms with E-state index in [9.17, 15) is 9.18 Å². The highest BCUT2D eigenvalue weighted by Gasteiger charge is 2.54. The van der Waals surface area contributed by atoms with Gasteiger partial charge in [0, 0.05) is 6.04 Å². The number of carbonyl (C=O) groups excluding carboxylic acids is 1. The van der Waals surface area contributed by atoms with Crippen LogP contribution in [-0.2, 0) is 0 Å². The minimum absolute atomic E-state index is 0.108. The monoisotopic (exact) mass is 430 g/mol. The first-order valence-electron chi connectivity index (χ1n) is 11.1. The highest BCUT2D eigenvalue weighted by Crippen LogP contribution is 2.61. The summed E-state index contributed by atoms with van der Waals surface area (Å²) in [7, 11) is 0. The van der Waals surface area contributed by atoms with Crippen molar-refractivity contribution >= 4 is 17.5 Å². The van der Waals surface area contributed by atoms with Gasteiger partial charge in [0.2, 0.25) is 0 Å². The quantitative estimate of drug-likeness (QED) is 0.617. The molecule has 1 heterocycles. The average molecular weight is 431 g/mol. The average Bonchev–Trinajstić information content (AvgIpc) is 3.06. The molecule has 6 heteroatoms. The Balaban J connectivity index is 1.45. The van der Waals surface area contributed by atoms with Crippen LogP contribution in [0.15, 0.2) is 22.7 Å². The summed E-state index contributed by atoms with van der Waals surface area (Å²) >= 11 is 6.24. The lowest BCUT2D eigenvalue weighted by Crippen LogP contribution is -2.56. The molecule has 4 saturated carbocycles. The van der Waals surface area contributed by atoms with Gasteiger partial charge in [0.15, 0.2) is 0 Å². The number of amides is 1. The maximum atomic E-state index is 14.5. The van der Waals surface area contributed by atoms with Crippen molar-refractivity contribution in [3.8, 4) is 11.3 Å². The number of benzene rings is 1. The molecule has 6 rings (SSSR count). The molecular formula is C24H28ClFN2O2. The summed E-state index contributed by atoms with van der Waals surface area (Å²) in [5, 5.41) is 7.52. The normalized spacial score (nSPS) is 30.5. The molecule has 4 aliphatic rings. The van der Waals surface area contributed by atoms with Crippen molar-refractivity contribution in [1.29, 1.82) is 0 Å². The van der Waals surface area contributed by atoms with Crippen molar-refractivity contribution < 1.29 is 13.7 Å². The smallest absolute Gasteiger partial charge is 0.257 e. The second kappa shape index (κ2) is 7.37. The third-order valence-electron chi connectivity index (χ3n) is 7.83. The predicted molar refractivity (Wildman–Crippen MR) is 114 cm³/mol. The minimum atomic E-state index is -0.516. The molecule has 0 unspecified atom stereocenters. The number of nitrogens with one attached hydrogen (secondary N) is 1. The van der Waals surface area contributed by atoms with E-state index in [0.717, 1.165) is 24.2 Å². The first-order chi connectivity index (χ1) is 14.4. The molecule has 2 aromatic rings. The van der Waals surface area contributed by atoms with E-state index >= 15 is 0 Å². The largest absolute Gasteiger partial charge is 0.360 e. The zero-order valence-electron chi connectivity index (χ0n) is 17.5. The molecule has 1 aromatic carbocycles. The van der Waals surface area contributed by atoms with Gasteiger partial charge in [0.25, 0.3) is 5.91 Å². The van der Waals surface area contributed by atoms with Gasteiger partial charge in [-0.05, 0) is 87.2 Å². The molecule has 0 spiro atoms. The zero-order chi connectivity index (χ0) is 21.0. The van der Waals surface area contributed by atoms with Crippen LogP contribution >= 0.6 is 11.6 Å². The third kappa shape index (κ3) is 3.17. The minimum Gasteiger partial charge on any atom is -0.360 e. The first-order valence-corrected chi connectivity index (χ1v) is 11.5. The second-order valence-corrected chi connectivity index (χ2v) is 10.2. The first kappa shape index (κ1) is 20.0. The lowest BCUT2D eigenvalue weighted by molar-refractivity contribution is -0.0727. The summed E-state index contributed by atoms with van der Waals surface area (Å²) in [4.78, 5) is 13.4. The topological polar surface area (TPSA) is 55.1 Å². The van der Waals surface area contributed by atoms with Gasteiger partial charge in [-0.1, -0.05) is 29.7 Å². The maximum absolute atomic E-state index is 14.5. The summed E-state index contributed by atoms with van der Waals surface area (Å²) in [6.45, 7) is 3.84. The van der Waals surface area contributed by atoms with Gasteiger partial charge in [-0.25, -0.2) is 4.39 Å². The van der Waals surface area contributed by atoms with Crippen LogP contribution in [0, 0.1) is 35.9 Å². The van der Waals surface area contributed by atoms with Gasteiger partial charge < -0.3 is 9.84 Å². The Hall–Kier alpha value is -1.88. The van der Waals surface area contributed by atoms with Crippen molar-refractivity contribution in [2.24, 2.45) is 23.2 Å². The predicted octanol–water partition coefficient (Wildman–Crippen LogP) is 6.17. The summed E-state index contributed by atoms with van der Waals surface area (Å²) in [5.41, 5.74) is 0.766. The number of aromatic nitrogens is 1. The molecule has 160 valence electrons. The van der Waals surface area contributed by atoms with Crippen molar-refractivity contribution in [2.75, 3.05) is 0 Å². The van der Waals surface area contributed by atoms with Crippen molar-refractivity contribution in [1.82, 2.24) is 10.5 Å². The van der Waals surface area contributed by atoms with Gasteiger partial charge in [0.05, 0.1) is 10.6 Å². The van der Waals surface area contributed by atoms with E-state index in [1.165, 1.54) is 50.7 Å². The van der Waals surface area contributed by atoms with E-state index in [1.807, 2.05) is 0 Å². The molecule has 0 saturated heterocycles. The number of rotatable bonds is 5. The van der Waals surface area contributed by atoms with E-state index in [2.05, 4.69) is 17.4 Å². The maximum Gasteiger partial charge on any atom is 0.257 e. The van der Waals surface area contributed by atoms with Gasteiger partial charge >= 0.3 is 0 Å². The molecule has 1 amide bonds. The zero-order valence-corrected chi connectivity index (χ0v) is 18.3. The van der Waals surface area contributed by atoms with Gasteiger partial charge in [0.1, 0.15) is 22.8 Å². The molecule has 4 aliphatic carbocycles. The Kier molecular flexibility index (Phi) is 4.92. The second-order valence-electron chi connectivity index (χ2n) is 9.77. The fourth-order valence-corrected chi connectivity index (χ4v) is 7.31. The van der Waals surface area contributed by atoms with E-state index in [-0.39, 0.29) is 39.2 Å². The van der Waals surface area contributed by atoms with Crippen molar-refractivity contribution in [3.63, 3.8) is 0 Å². The number of nitrogens with zero attached hydrogens (tertiary/aromatic N) is 1. The summed E-state index contributed by atoms with van der Waals surface area (Å²) in [6, 6.07) is 4.55.